The average Bonchev–Trinajstić information content (AvgIpc) is 1.61. The molecule has 0 amide bonds. The zero-order chi connectivity index (χ0) is 100. The summed E-state index contributed by atoms with van der Waals surface area (Å²) in [5.41, 5.74) is 36.3. The number of aromatic nitrogens is 3. The van der Waals surface area contributed by atoms with E-state index in [0.29, 0.717) is 0 Å². The van der Waals surface area contributed by atoms with Crippen LogP contribution >= 0.6 is 0 Å². The number of aryl methyl sites for hydroxylation is 6. The van der Waals surface area contributed by atoms with Crippen LogP contribution in [0.25, 0.3) is 213 Å². The van der Waals surface area contributed by atoms with E-state index in [4.69, 9.17) is 0 Å². The summed E-state index contributed by atoms with van der Waals surface area (Å²) in [6.45, 7) is 13.0. The maximum Gasteiger partial charge on any atom is 0.0553 e. The molecule has 0 aliphatic rings. The van der Waals surface area contributed by atoms with Crippen LogP contribution in [0.3, 0.4) is 0 Å². The van der Waals surface area contributed by atoms with Gasteiger partial charge in [0.15, 0.2) is 0 Å². The van der Waals surface area contributed by atoms with Gasteiger partial charge in [-0.15, -0.1) is 0 Å². The molecule has 0 unspecified atom stereocenters. The van der Waals surface area contributed by atoms with Crippen LogP contribution in [0, 0.1) is 41.5 Å². The molecule has 6 heteroatoms. The molecule has 0 spiro atoms. The van der Waals surface area contributed by atoms with Crippen molar-refractivity contribution in [2.24, 2.45) is 0 Å². The van der Waals surface area contributed by atoms with Crippen LogP contribution in [0.5, 0.6) is 0 Å². The van der Waals surface area contributed by atoms with Gasteiger partial charge in [0.05, 0.1) is 33.1 Å². The van der Waals surface area contributed by atoms with Gasteiger partial charge in [-0.25, -0.2) is 0 Å². The second-order valence-electron chi connectivity index (χ2n) is 40.6. The van der Waals surface area contributed by atoms with E-state index in [9.17, 15) is 0 Å². The van der Waals surface area contributed by atoms with Crippen molar-refractivity contribution in [3.05, 3.63) is 543 Å². The number of para-hydroxylation sites is 8. The number of anilines is 9. The van der Waals surface area contributed by atoms with Crippen molar-refractivity contribution in [3.63, 3.8) is 0 Å². The monoisotopic (exact) mass is 1910 g/mol. The molecule has 3 aromatic heterocycles. The molecule has 0 atom stereocenters. The molecule has 0 aliphatic heterocycles. The van der Waals surface area contributed by atoms with Crippen molar-refractivity contribution in [2.75, 3.05) is 14.7 Å². The molecule has 0 bridgehead atoms. The second-order valence-corrected chi connectivity index (χ2v) is 40.6. The summed E-state index contributed by atoms with van der Waals surface area (Å²) < 4.78 is 7.26. The first-order valence-corrected chi connectivity index (χ1v) is 52.1. The van der Waals surface area contributed by atoms with Gasteiger partial charge in [-0.1, -0.05) is 351 Å². The fourth-order valence-corrected chi connectivity index (χ4v) is 24.5. The van der Waals surface area contributed by atoms with Gasteiger partial charge < -0.3 is 28.4 Å². The molecule has 150 heavy (non-hydrogen) atoms. The topological polar surface area (TPSA) is 24.5 Å². The maximum absolute atomic E-state index is 2.42. The first-order valence-electron chi connectivity index (χ1n) is 52.1. The summed E-state index contributed by atoms with van der Waals surface area (Å²) >= 11 is 0. The largest absolute Gasteiger partial charge is 0.311 e. The lowest BCUT2D eigenvalue weighted by atomic mass is 9.88. The average molecular weight is 1920 g/mol. The lowest BCUT2D eigenvalue weighted by Gasteiger charge is -2.28. The van der Waals surface area contributed by atoms with E-state index in [1.165, 1.54) is 258 Å². The van der Waals surface area contributed by atoms with Crippen molar-refractivity contribution < 1.29 is 0 Å². The van der Waals surface area contributed by atoms with Gasteiger partial charge in [-0.3, -0.25) is 0 Å². The van der Waals surface area contributed by atoms with E-state index < -0.39 is 0 Å². The smallest absolute Gasteiger partial charge is 0.0553 e. The van der Waals surface area contributed by atoms with Crippen LogP contribution in [0.15, 0.2) is 510 Å². The SMILES string of the molecule is Cc1ccc(N(c2ccc(C)cc2)c2ccc(-c3ccc4ccc5c6c(ccc3c46)cc3c5c4ccccc4n3-c3ccccc3)cc2)cc1.Cc1cccc(N(c2ccc(-c3ccc4ccc5c6c(ccc3c46)cc3c5c4ccccc4n3-c3ccccc3)cc2)c2cccc(C)c2)c1.Cc1ccccc1N(c1ccc(-c2ccc3ccc4c5c(ccc2c35)cc2c4c3ccccc3n2-c2ccccc2)cc1)c1ccccc1C. The fraction of sp³-hybridized carbons (Fsp3) is 0.0417. The van der Waals surface area contributed by atoms with E-state index in [1.807, 2.05) is 0 Å². The van der Waals surface area contributed by atoms with Gasteiger partial charge >= 0.3 is 0 Å². The Morgan fingerprint density at radius 2 is 0.407 bits per heavy atom. The number of hydrogen-bond acceptors (Lipinski definition) is 3. The molecule has 0 N–H and O–H groups in total. The molecule has 0 fully saturated rings. The van der Waals surface area contributed by atoms with E-state index in [1.54, 1.807) is 0 Å². The molecule has 3 heterocycles. The maximum atomic E-state index is 2.42. The Bertz CT molecular complexity index is 10400. The number of nitrogens with zero attached hydrogens (tertiary/aromatic N) is 6. The van der Waals surface area contributed by atoms with Gasteiger partial charge in [0, 0.05) is 101 Å². The van der Waals surface area contributed by atoms with Gasteiger partial charge in [0.1, 0.15) is 0 Å². The highest BCUT2D eigenvalue weighted by molar-refractivity contribution is 6.38. The molecular weight excluding hydrogens is 1810 g/mol. The molecule has 6 nitrogen and oxygen atoms in total. The van der Waals surface area contributed by atoms with Gasteiger partial charge in [0.2, 0.25) is 0 Å². The van der Waals surface area contributed by atoms with E-state index in [2.05, 4.69) is 580 Å². The summed E-state index contributed by atoms with van der Waals surface area (Å²) in [5, 5.41) is 31.2. The quantitative estimate of drug-likeness (QED) is 0.0956. The lowest BCUT2D eigenvalue weighted by Crippen LogP contribution is -2.12. The van der Waals surface area contributed by atoms with E-state index in [0.717, 1.165) is 39.8 Å². The van der Waals surface area contributed by atoms with Crippen molar-refractivity contribution in [3.8, 4) is 50.4 Å². The Morgan fingerprint density at radius 1 is 0.147 bits per heavy atom. The Hall–Kier alpha value is -19.1. The summed E-state index contributed by atoms with van der Waals surface area (Å²) in [5.74, 6) is 0. The Morgan fingerprint density at radius 3 is 0.727 bits per heavy atom. The summed E-state index contributed by atoms with van der Waals surface area (Å²) in [4.78, 5) is 7.07. The zero-order valence-corrected chi connectivity index (χ0v) is 84.2. The van der Waals surface area contributed by atoms with Crippen molar-refractivity contribution in [1.29, 1.82) is 0 Å². The van der Waals surface area contributed by atoms with Crippen LogP contribution < -0.4 is 14.7 Å². The molecule has 0 aliphatic carbocycles. The molecule has 30 aromatic rings. The summed E-state index contributed by atoms with van der Waals surface area (Å²) in [7, 11) is 0. The molecule has 0 radical (unpaired) electrons. The van der Waals surface area contributed by atoms with Gasteiger partial charge in [0.25, 0.3) is 0 Å². The highest BCUT2D eigenvalue weighted by Crippen LogP contribution is 2.53. The van der Waals surface area contributed by atoms with Gasteiger partial charge in [-0.2, -0.15) is 0 Å². The van der Waals surface area contributed by atoms with Crippen LogP contribution in [0.1, 0.15) is 33.4 Å². The lowest BCUT2D eigenvalue weighted by molar-refractivity contribution is 1.18. The third-order valence-electron chi connectivity index (χ3n) is 31.4. The number of rotatable bonds is 15. The minimum Gasteiger partial charge on any atom is -0.311 e. The highest BCUT2D eigenvalue weighted by atomic mass is 15.2. The van der Waals surface area contributed by atoms with Crippen LogP contribution in [-0.4, -0.2) is 13.7 Å². The van der Waals surface area contributed by atoms with Crippen molar-refractivity contribution in [1.82, 2.24) is 13.7 Å². The Kier molecular flexibility index (Phi) is 21.2. The predicted octanol–water partition coefficient (Wildman–Crippen LogP) is 40.3. The molecule has 27 aromatic carbocycles. The number of fused-ring (bicyclic) bond motifs is 12. The molecule has 0 saturated carbocycles. The van der Waals surface area contributed by atoms with Crippen LogP contribution in [0.4, 0.5) is 51.2 Å². The van der Waals surface area contributed by atoms with E-state index >= 15 is 0 Å². The summed E-state index contributed by atoms with van der Waals surface area (Å²) in [6.07, 6.45) is 0. The Labute approximate surface area is 870 Å². The minimum atomic E-state index is 1.14. The molecule has 0 saturated heterocycles. The van der Waals surface area contributed by atoms with Crippen LogP contribution in [0.2, 0.25) is 0 Å². The van der Waals surface area contributed by atoms with Crippen molar-refractivity contribution >= 4 is 214 Å². The second kappa shape index (κ2) is 36.0. The first kappa shape index (κ1) is 88.6. The predicted molar refractivity (Wildman–Crippen MR) is 642 cm³/mol. The molecule has 30 rings (SSSR count). The zero-order valence-electron chi connectivity index (χ0n) is 84.2. The molecule has 708 valence electrons. The standard InChI is InChI=1S/3C48H34N2/c1-31-12-6-9-17-42(31)49(43-18-10-7-13-32(43)2)37-25-20-33(21-26-37)38-27-22-34-23-29-41-47-35(24-28-39(38)46(34)47)30-45-48(41)40-16-8-11-19-44(40)50(45)36-14-4-3-5-15-36;1-31-10-8-14-38(28-31)49(39-15-9-11-32(2)29-39)37-23-18-33(19-24-37)40-25-20-34-21-27-43-47-35(22-26-41(40)46(34)47)30-45-48(43)42-16-6-7-17-44(42)50(45)36-12-4-3-5-13-36;1-31-12-21-37(22-13-31)49(38-23-14-32(2)15-24-38)39-25-16-33(17-26-39)40-27-18-34-19-29-43-47-35(20-28-41(40)46(34)47)30-45-48(43)42-10-6-7-11-44(42)50(45)36-8-4-3-5-9-36/h3*3-30H,1-2H3. The highest BCUT2D eigenvalue weighted by Gasteiger charge is 2.28. The minimum absolute atomic E-state index is 1.14. The molecular formula is C144H102N6. The third kappa shape index (κ3) is 14.7. The van der Waals surface area contributed by atoms with Crippen molar-refractivity contribution in [2.45, 2.75) is 41.5 Å². The third-order valence-corrected chi connectivity index (χ3v) is 31.4. The Balaban J connectivity index is 0.000000108. The first-order chi connectivity index (χ1) is 73.9. The number of benzene rings is 27. The van der Waals surface area contributed by atoms with Crippen LogP contribution in [-0.2, 0) is 0 Å². The number of hydrogen-bond donors (Lipinski definition) is 0. The van der Waals surface area contributed by atoms with E-state index in [-0.39, 0.29) is 0 Å². The normalized spacial score (nSPS) is 11.8. The fourth-order valence-electron chi connectivity index (χ4n) is 24.5. The van der Waals surface area contributed by atoms with Gasteiger partial charge in [-0.05, 0) is 364 Å². The summed E-state index contributed by atoms with van der Waals surface area (Å²) in [6, 6.07) is 187.